The summed E-state index contributed by atoms with van der Waals surface area (Å²) in [5.41, 5.74) is 10.2. The predicted molar refractivity (Wildman–Crippen MR) is 83.0 cm³/mol. The third-order valence-electron chi connectivity index (χ3n) is 3.82. The van der Waals surface area contributed by atoms with Gasteiger partial charge in [0.15, 0.2) is 0 Å². The second-order valence-electron chi connectivity index (χ2n) is 5.05. The van der Waals surface area contributed by atoms with Gasteiger partial charge < -0.3 is 10.3 Å². The first-order chi connectivity index (χ1) is 9.58. The summed E-state index contributed by atoms with van der Waals surface area (Å²) >= 11 is 0. The van der Waals surface area contributed by atoms with Crippen molar-refractivity contribution in [2.75, 3.05) is 0 Å². The first-order valence-corrected chi connectivity index (χ1v) is 7.13. The second kappa shape index (κ2) is 6.06. The molecule has 0 bridgehead atoms. The number of benzene rings is 1. The Kier molecular flexibility index (Phi) is 4.40. The summed E-state index contributed by atoms with van der Waals surface area (Å²) < 4.78 is 1.76. The van der Waals surface area contributed by atoms with E-state index in [-0.39, 0.29) is 11.6 Å². The third-order valence-corrected chi connectivity index (χ3v) is 3.82. The van der Waals surface area contributed by atoms with Crippen LogP contribution in [-0.4, -0.2) is 4.57 Å². The van der Waals surface area contributed by atoms with Crippen LogP contribution in [0.4, 0.5) is 0 Å². The lowest BCUT2D eigenvalue weighted by Gasteiger charge is -2.15. The van der Waals surface area contributed by atoms with Crippen molar-refractivity contribution in [3.63, 3.8) is 0 Å². The van der Waals surface area contributed by atoms with Crippen molar-refractivity contribution < 1.29 is 0 Å². The van der Waals surface area contributed by atoms with Crippen molar-refractivity contribution in [2.24, 2.45) is 5.73 Å². The first-order valence-electron chi connectivity index (χ1n) is 7.13. The van der Waals surface area contributed by atoms with Crippen molar-refractivity contribution in [1.82, 2.24) is 4.57 Å². The van der Waals surface area contributed by atoms with Crippen LogP contribution in [0.3, 0.4) is 0 Å². The van der Waals surface area contributed by atoms with Gasteiger partial charge in [0, 0.05) is 17.8 Å². The zero-order chi connectivity index (χ0) is 14.7. The highest BCUT2D eigenvalue weighted by Gasteiger charge is 2.14. The molecule has 0 aliphatic rings. The summed E-state index contributed by atoms with van der Waals surface area (Å²) in [4.78, 5) is 12.4. The summed E-state index contributed by atoms with van der Waals surface area (Å²) in [6.45, 7) is 6.70. The Morgan fingerprint density at radius 3 is 2.30 bits per heavy atom. The maximum atomic E-state index is 12.4. The summed E-state index contributed by atoms with van der Waals surface area (Å²) in [6.07, 6.45) is 1.00. The molecule has 1 heterocycles. The largest absolute Gasteiger partial charge is 0.320 e. The Balaban J connectivity index is 2.42. The Morgan fingerprint density at radius 1 is 1.10 bits per heavy atom. The molecule has 3 heteroatoms. The number of hydrogen-bond acceptors (Lipinski definition) is 2. The van der Waals surface area contributed by atoms with E-state index in [2.05, 4.69) is 19.1 Å². The number of nitrogens with zero attached hydrogens (tertiary/aromatic N) is 1. The smallest absolute Gasteiger partial charge is 0.255 e. The van der Waals surface area contributed by atoms with Gasteiger partial charge in [0.05, 0.1) is 6.04 Å². The van der Waals surface area contributed by atoms with Crippen molar-refractivity contribution in [2.45, 2.75) is 39.8 Å². The van der Waals surface area contributed by atoms with Crippen LogP contribution >= 0.6 is 0 Å². The lowest BCUT2D eigenvalue weighted by molar-refractivity contribution is 0.678. The van der Waals surface area contributed by atoms with E-state index in [4.69, 9.17) is 5.73 Å². The highest BCUT2D eigenvalue weighted by atomic mass is 16.1. The number of aryl methyl sites for hydroxylation is 2. The highest BCUT2D eigenvalue weighted by molar-refractivity contribution is 5.32. The minimum Gasteiger partial charge on any atom is -0.320 e. The fraction of sp³-hybridized carbons (Fsp3) is 0.353. The molecule has 2 rings (SSSR count). The van der Waals surface area contributed by atoms with Gasteiger partial charge in [-0.3, -0.25) is 4.79 Å². The van der Waals surface area contributed by atoms with E-state index in [0.717, 1.165) is 17.7 Å². The van der Waals surface area contributed by atoms with Gasteiger partial charge >= 0.3 is 0 Å². The van der Waals surface area contributed by atoms with Crippen LogP contribution in [0.5, 0.6) is 0 Å². The molecule has 0 spiro atoms. The minimum atomic E-state index is -0.369. The SMILES string of the molecule is CCc1ccc(C(N)c2ccc(C)n(CC)c2=O)cc1. The van der Waals surface area contributed by atoms with Gasteiger partial charge in [0.1, 0.15) is 0 Å². The summed E-state index contributed by atoms with van der Waals surface area (Å²) in [6, 6.07) is 11.6. The van der Waals surface area contributed by atoms with Gasteiger partial charge in [-0.1, -0.05) is 31.2 Å². The topological polar surface area (TPSA) is 48.0 Å². The van der Waals surface area contributed by atoms with Crippen molar-refractivity contribution in [3.8, 4) is 0 Å². The van der Waals surface area contributed by atoms with E-state index in [1.54, 1.807) is 4.57 Å². The molecular formula is C17H22N2O. The van der Waals surface area contributed by atoms with Crippen LogP contribution in [0.2, 0.25) is 0 Å². The molecule has 1 atom stereocenters. The number of nitrogens with two attached hydrogens (primary N) is 1. The van der Waals surface area contributed by atoms with E-state index in [9.17, 15) is 4.79 Å². The van der Waals surface area contributed by atoms with Gasteiger partial charge in [-0.25, -0.2) is 0 Å². The fourth-order valence-electron chi connectivity index (χ4n) is 2.46. The van der Waals surface area contributed by atoms with Crippen LogP contribution in [0, 0.1) is 6.92 Å². The predicted octanol–water partition coefficient (Wildman–Crippen LogP) is 2.79. The maximum absolute atomic E-state index is 12.4. The highest BCUT2D eigenvalue weighted by Crippen LogP contribution is 2.18. The average Bonchev–Trinajstić information content (AvgIpc) is 2.47. The monoisotopic (exact) mass is 270 g/mol. The van der Waals surface area contributed by atoms with Crippen LogP contribution < -0.4 is 11.3 Å². The Hall–Kier alpha value is -1.87. The lowest BCUT2D eigenvalue weighted by atomic mass is 9.99. The van der Waals surface area contributed by atoms with Gasteiger partial charge in [-0.15, -0.1) is 0 Å². The molecule has 0 saturated heterocycles. The fourth-order valence-corrected chi connectivity index (χ4v) is 2.46. The van der Waals surface area contributed by atoms with Crippen molar-refractivity contribution in [1.29, 1.82) is 0 Å². The normalized spacial score (nSPS) is 12.4. The van der Waals surface area contributed by atoms with Crippen molar-refractivity contribution in [3.05, 3.63) is 69.1 Å². The third kappa shape index (κ3) is 2.68. The Labute approximate surface area is 120 Å². The lowest BCUT2D eigenvalue weighted by Crippen LogP contribution is -2.29. The van der Waals surface area contributed by atoms with Gasteiger partial charge in [-0.05, 0) is 43.5 Å². The molecule has 1 unspecified atom stereocenters. The first kappa shape index (κ1) is 14.5. The molecule has 1 aromatic carbocycles. The van der Waals surface area contributed by atoms with Crippen LogP contribution in [0.25, 0.3) is 0 Å². The quantitative estimate of drug-likeness (QED) is 0.928. The Morgan fingerprint density at radius 2 is 1.75 bits per heavy atom. The standard InChI is InChI=1S/C17H22N2O/c1-4-13-7-9-14(10-8-13)16(18)15-11-6-12(3)19(5-2)17(15)20/h6-11,16H,4-5,18H2,1-3H3. The van der Waals surface area contributed by atoms with Crippen molar-refractivity contribution >= 4 is 0 Å². The molecule has 0 aliphatic heterocycles. The number of hydrogen-bond donors (Lipinski definition) is 1. The molecule has 0 radical (unpaired) electrons. The van der Waals surface area contributed by atoms with Gasteiger partial charge in [0.2, 0.25) is 0 Å². The molecule has 0 amide bonds. The molecule has 2 aromatic rings. The molecule has 0 aliphatic carbocycles. The zero-order valence-electron chi connectivity index (χ0n) is 12.4. The zero-order valence-corrected chi connectivity index (χ0v) is 12.4. The maximum Gasteiger partial charge on any atom is 0.255 e. The van der Waals surface area contributed by atoms with Gasteiger partial charge in [0.25, 0.3) is 5.56 Å². The summed E-state index contributed by atoms with van der Waals surface area (Å²) in [5.74, 6) is 0. The molecule has 3 nitrogen and oxygen atoms in total. The van der Waals surface area contributed by atoms with E-state index in [1.807, 2.05) is 38.1 Å². The minimum absolute atomic E-state index is 0.0135. The molecule has 0 fully saturated rings. The van der Waals surface area contributed by atoms with E-state index >= 15 is 0 Å². The van der Waals surface area contributed by atoms with Crippen LogP contribution in [0.1, 0.15) is 42.3 Å². The van der Waals surface area contributed by atoms with Crippen LogP contribution in [0.15, 0.2) is 41.2 Å². The molecule has 0 saturated carbocycles. The number of rotatable bonds is 4. The molecule has 20 heavy (non-hydrogen) atoms. The van der Waals surface area contributed by atoms with E-state index in [1.165, 1.54) is 5.56 Å². The average molecular weight is 270 g/mol. The number of pyridine rings is 1. The molecule has 106 valence electrons. The molecule has 2 N–H and O–H groups in total. The Bertz CT molecular complexity index is 641. The molecule has 1 aromatic heterocycles. The van der Waals surface area contributed by atoms with E-state index < -0.39 is 0 Å². The van der Waals surface area contributed by atoms with Gasteiger partial charge in [-0.2, -0.15) is 0 Å². The number of aromatic nitrogens is 1. The molecular weight excluding hydrogens is 248 g/mol. The summed E-state index contributed by atoms with van der Waals surface area (Å²) in [7, 11) is 0. The second-order valence-corrected chi connectivity index (χ2v) is 5.05. The summed E-state index contributed by atoms with van der Waals surface area (Å²) in [5, 5.41) is 0. The van der Waals surface area contributed by atoms with Crippen LogP contribution in [-0.2, 0) is 13.0 Å². The van der Waals surface area contributed by atoms with E-state index in [0.29, 0.717) is 12.1 Å².